The summed E-state index contributed by atoms with van der Waals surface area (Å²) in [6.07, 6.45) is 2.76. The highest BCUT2D eigenvalue weighted by atomic mass is 16.6. The molecule has 1 aromatic rings. The van der Waals surface area contributed by atoms with Crippen molar-refractivity contribution in [2.24, 2.45) is 7.05 Å². The quantitative estimate of drug-likeness (QED) is 0.300. The van der Waals surface area contributed by atoms with Crippen LogP contribution >= 0.6 is 0 Å². The Bertz CT molecular complexity index is 385. The highest BCUT2D eigenvalue weighted by molar-refractivity contribution is 5.67. The summed E-state index contributed by atoms with van der Waals surface area (Å²) in [7, 11) is 1.54. The molecule has 0 saturated carbocycles. The zero-order valence-electron chi connectivity index (χ0n) is 8.54. The predicted octanol–water partition coefficient (Wildman–Crippen LogP) is -0.216. The second-order valence-corrected chi connectivity index (χ2v) is 2.95. The number of rotatable bonds is 4. The minimum atomic E-state index is -0.512. The highest BCUT2D eigenvalue weighted by Crippen LogP contribution is 2.04. The van der Waals surface area contributed by atoms with Crippen molar-refractivity contribution in [3.63, 3.8) is 0 Å². The van der Waals surface area contributed by atoms with Crippen molar-refractivity contribution in [2.75, 3.05) is 6.61 Å². The van der Waals surface area contributed by atoms with Gasteiger partial charge in [-0.15, -0.1) is 0 Å². The molecule has 0 spiro atoms. The van der Waals surface area contributed by atoms with Gasteiger partial charge in [-0.25, -0.2) is 9.36 Å². The van der Waals surface area contributed by atoms with E-state index in [1.807, 2.05) is 0 Å². The monoisotopic (exact) mass is 214 g/mol. The van der Waals surface area contributed by atoms with Gasteiger partial charge in [-0.3, -0.25) is 0 Å². The second kappa shape index (κ2) is 4.54. The lowest BCUT2D eigenvalue weighted by molar-refractivity contribution is -0.686. The van der Waals surface area contributed by atoms with Gasteiger partial charge in [0.25, 0.3) is 0 Å². The van der Waals surface area contributed by atoms with Crippen LogP contribution in [0.2, 0.25) is 0 Å². The van der Waals surface area contributed by atoms with Crippen LogP contribution in [-0.2, 0) is 23.1 Å². The smallest absolute Gasteiger partial charge is 0.364 e. The van der Waals surface area contributed by atoms with Crippen LogP contribution in [0.3, 0.4) is 0 Å². The summed E-state index contributed by atoms with van der Waals surface area (Å²) in [4.78, 5) is 21.1. The summed E-state index contributed by atoms with van der Waals surface area (Å²) < 4.78 is 7.46. The first-order valence-electron chi connectivity index (χ1n) is 4.40. The van der Waals surface area contributed by atoms with Gasteiger partial charge in [0.1, 0.15) is 0 Å². The number of aromatic nitrogens is 2. The van der Waals surface area contributed by atoms with Crippen LogP contribution in [-0.4, -0.2) is 22.1 Å². The Kier molecular flexibility index (Phi) is 3.37. The van der Waals surface area contributed by atoms with E-state index in [-0.39, 0.29) is 12.4 Å². The lowest BCUT2D eigenvalue weighted by atomic mass is 10.6. The summed E-state index contributed by atoms with van der Waals surface area (Å²) in [6.45, 7) is 1.99. The molecule has 0 unspecified atom stereocenters. The van der Waals surface area contributed by atoms with Gasteiger partial charge in [0, 0.05) is 0 Å². The van der Waals surface area contributed by atoms with E-state index in [1.165, 1.54) is 21.7 Å². The third kappa shape index (κ3) is 2.76. The summed E-state index contributed by atoms with van der Waals surface area (Å²) in [5, 5.41) is 10.5. The van der Waals surface area contributed by atoms with Crippen LogP contribution < -0.4 is 4.57 Å². The number of nitro groups is 1. The van der Waals surface area contributed by atoms with Crippen LogP contribution in [0, 0.1) is 10.1 Å². The number of nitrogens with zero attached hydrogens (tertiary/aromatic N) is 3. The van der Waals surface area contributed by atoms with Gasteiger partial charge in [0.05, 0.1) is 13.7 Å². The van der Waals surface area contributed by atoms with Crippen LogP contribution in [0.15, 0.2) is 12.5 Å². The van der Waals surface area contributed by atoms with Crippen molar-refractivity contribution >= 4 is 11.8 Å². The molecule has 0 amide bonds. The van der Waals surface area contributed by atoms with Crippen LogP contribution in [0.4, 0.5) is 5.82 Å². The van der Waals surface area contributed by atoms with Gasteiger partial charge >= 0.3 is 11.8 Å². The van der Waals surface area contributed by atoms with E-state index in [0.717, 1.165) is 0 Å². The van der Waals surface area contributed by atoms with Gasteiger partial charge in [-0.1, -0.05) is 0 Å². The maximum absolute atomic E-state index is 11.1. The molecule has 15 heavy (non-hydrogen) atoms. The maximum Gasteiger partial charge on any atom is 0.364 e. The second-order valence-electron chi connectivity index (χ2n) is 2.95. The van der Waals surface area contributed by atoms with Crippen molar-refractivity contribution in [1.29, 1.82) is 0 Å². The van der Waals surface area contributed by atoms with E-state index in [1.54, 1.807) is 14.0 Å². The van der Waals surface area contributed by atoms with Crippen molar-refractivity contribution in [3.05, 3.63) is 22.6 Å². The molecule has 0 bridgehead atoms. The summed E-state index contributed by atoms with van der Waals surface area (Å²) in [5.74, 6) is -0.484. The van der Waals surface area contributed by atoms with E-state index in [0.29, 0.717) is 6.61 Å². The van der Waals surface area contributed by atoms with E-state index >= 15 is 0 Å². The first kappa shape index (κ1) is 11.2. The molecule has 0 radical (unpaired) electrons. The first-order valence-corrected chi connectivity index (χ1v) is 4.40. The number of carbonyl (C=O) groups is 1. The molecular formula is C8H12N3O4+. The Morgan fingerprint density at radius 1 is 1.73 bits per heavy atom. The molecule has 0 aliphatic rings. The van der Waals surface area contributed by atoms with E-state index < -0.39 is 10.9 Å². The first-order chi connectivity index (χ1) is 7.04. The molecule has 0 aliphatic carbocycles. The molecule has 0 aromatic carbocycles. The lowest BCUT2D eigenvalue weighted by Crippen LogP contribution is -2.36. The Morgan fingerprint density at radius 3 is 2.87 bits per heavy atom. The molecule has 82 valence electrons. The predicted molar refractivity (Wildman–Crippen MR) is 48.9 cm³/mol. The number of hydrogen-bond acceptors (Lipinski definition) is 4. The molecule has 0 N–H and O–H groups in total. The normalized spacial score (nSPS) is 10.0. The van der Waals surface area contributed by atoms with Crippen molar-refractivity contribution in [3.8, 4) is 0 Å². The average molecular weight is 214 g/mol. The molecule has 1 rings (SSSR count). The molecular weight excluding hydrogens is 202 g/mol. The Morgan fingerprint density at radius 2 is 2.40 bits per heavy atom. The molecule has 0 aliphatic heterocycles. The van der Waals surface area contributed by atoms with E-state index in [2.05, 4.69) is 0 Å². The van der Waals surface area contributed by atoms with Crippen LogP contribution in [0.5, 0.6) is 0 Å². The minimum Gasteiger partial charge on any atom is -0.463 e. The number of hydrogen-bond donors (Lipinski definition) is 0. The molecule has 1 heterocycles. The van der Waals surface area contributed by atoms with Gasteiger partial charge < -0.3 is 14.9 Å². The number of esters is 1. The SMILES string of the molecule is CCOC(=O)C[n+]1cc([N+](=O)[O-])n(C)c1. The third-order valence-electron chi connectivity index (χ3n) is 1.77. The topological polar surface area (TPSA) is 78.2 Å². The standard InChI is InChI=1S/C8H12N3O4/c1-3-15-8(12)5-10-4-7(11(13)14)9(2)6-10/h4,6H,3,5H2,1-2H3/q+1. The van der Waals surface area contributed by atoms with Gasteiger partial charge in [-0.2, -0.15) is 4.57 Å². The average Bonchev–Trinajstić information content (AvgIpc) is 2.47. The van der Waals surface area contributed by atoms with Gasteiger partial charge in [0.2, 0.25) is 6.33 Å². The Balaban J connectivity index is 2.75. The summed E-state index contributed by atoms with van der Waals surface area (Å²) >= 11 is 0. The fourth-order valence-corrected chi connectivity index (χ4v) is 1.17. The Hall–Kier alpha value is -1.92. The Labute approximate surface area is 86.0 Å². The molecule has 0 atom stereocenters. The summed E-state index contributed by atoms with van der Waals surface area (Å²) in [6, 6.07) is 0. The largest absolute Gasteiger partial charge is 0.463 e. The zero-order valence-corrected chi connectivity index (χ0v) is 8.54. The van der Waals surface area contributed by atoms with Gasteiger partial charge in [-0.05, 0) is 11.8 Å². The molecule has 0 fully saturated rings. The fraction of sp³-hybridized carbons (Fsp3) is 0.500. The number of imidazole rings is 1. The van der Waals surface area contributed by atoms with Crippen molar-refractivity contribution in [1.82, 2.24) is 4.57 Å². The molecule has 1 aromatic heterocycles. The van der Waals surface area contributed by atoms with Crippen LogP contribution in [0.25, 0.3) is 0 Å². The highest BCUT2D eigenvalue weighted by Gasteiger charge is 2.17. The van der Waals surface area contributed by atoms with Crippen molar-refractivity contribution in [2.45, 2.75) is 13.5 Å². The minimum absolute atomic E-state index is 0.0183. The molecule has 0 saturated heterocycles. The lowest BCUT2D eigenvalue weighted by Gasteiger charge is -1.96. The number of carbonyl (C=O) groups excluding carboxylic acids is 1. The fourth-order valence-electron chi connectivity index (χ4n) is 1.17. The maximum atomic E-state index is 11.1. The number of aryl methyl sites for hydroxylation is 1. The van der Waals surface area contributed by atoms with Gasteiger partial charge in [0.15, 0.2) is 12.7 Å². The molecule has 7 heteroatoms. The number of ether oxygens (including phenoxy) is 1. The van der Waals surface area contributed by atoms with E-state index in [4.69, 9.17) is 4.74 Å². The van der Waals surface area contributed by atoms with Crippen LogP contribution in [0.1, 0.15) is 6.92 Å². The summed E-state index contributed by atoms with van der Waals surface area (Å²) in [5.41, 5.74) is 0. The van der Waals surface area contributed by atoms with E-state index in [9.17, 15) is 14.9 Å². The zero-order chi connectivity index (χ0) is 11.4. The molecule has 7 nitrogen and oxygen atoms in total. The third-order valence-corrected chi connectivity index (χ3v) is 1.77. The van der Waals surface area contributed by atoms with Crippen molar-refractivity contribution < 1.29 is 19.0 Å².